The quantitative estimate of drug-likeness (QED) is 0.596. The Morgan fingerprint density at radius 2 is 1.75 bits per heavy atom. The van der Waals surface area contributed by atoms with Crippen molar-refractivity contribution in [2.24, 2.45) is 0 Å². The minimum atomic E-state index is -0.534. The minimum Gasteiger partial charge on any atom is -0.296 e. The van der Waals surface area contributed by atoms with Crippen molar-refractivity contribution >= 4 is 28.8 Å². The molecule has 3 aromatic rings. The lowest BCUT2D eigenvalue weighted by molar-refractivity contribution is 0.0812. The molecular weight excluding hydrogens is 276 g/mol. The average Bonchev–Trinajstić information content (AvgIpc) is 2.83. The third kappa shape index (κ3) is 1.34. The zero-order chi connectivity index (χ0) is 13.9. The van der Waals surface area contributed by atoms with Gasteiger partial charge < -0.3 is 0 Å². The van der Waals surface area contributed by atoms with Gasteiger partial charge in [-0.15, -0.1) is 0 Å². The standard InChI is InChI=1S/C15H7ClN2O2/c16-8-5-6-18-11(7-8)17-12-9-3-1-2-4-10(9)14(19)15(20)13(12)18/h1-7H. The molecule has 0 atom stereocenters. The second-order valence-corrected chi connectivity index (χ2v) is 5.02. The molecule has 20 heavy (non-hydrogen) atoms. The molecular formula is C15H7ClN2O2. The van der Waals surface area contributed by atoms with Crippen LogP contribution in [0.4, 0.5) is 0 Å². The molecule has 4 nitrogen and oxygen atoms in total. The molecule has 0 saturated heterocycles. The third-order valence-corrected chi connectivity index (χ3v) is 3.67. The van der Waals surface area contributed by atoms with Gasteiger partial charge in [-0.2, -0.15) is 0 Å². The fourth-order valence-corrected chi connectivity index (χ4v) is 2.70. The van der Waals surface area contributed by atoms with Gasteiger partial charge in [0.25, 0.3) is 5.78 Å². The highest BCUT2D eigenvalue weighted by molar-refractivity contribution is 6.52. The maximum absolute atomic E-state index is 12.3. The number of halogens is 1. The van der Waals surface area contributed by atoms with Crippen LogP contribution in [0.15, 0.2) is 42.6 Å². The Labute approximate surface area is 118 Å². The maximum atomic E-state index is 12.3. The lowest BCUT2D eigenvalue weighted by Crippen LogP contribution is -2.22. The van der Waals surface area contributed by atoms with E-state index < -0.39 is 11.6 Å². The molecule has 0 amide bonds. The molecule has 0 bridgehead atoms. The zero-order valence-corrected chi connectivity index (χ0v) is 10.9. The number of rotatable bonds is 0. The largest absolute Gasteiger partial charge is 0.296 e. The summed E-state index contributed by atoms with van der Waals surface area (Å²) in [7, 11) is 0. The predicted octanol–water partition coefficient (Wildman–Crippen LogP) is 3.03. The van der Waals surface area contributed by atoms with Crippen molar-refractivity contribution in [2.75, 3.05) is 0 Å². The Hall–Kier alpha value is -2.46. The summed E-state index contributed by atoms with van der Waals surface area (Å²) in [5.74, 6) is -1.03. The Kier molecular flexibility index (Phi) is 2.15. The van der Waals surface area contributed by atoms with Crippen LogP contribution in [0.1, 0.15) is 20.8 Å². The van der Waals surface area contributed by atoms with E-state index in [0.717, 1.165) is 0 Å². The van der Waals surface area contributed by atoms with Gasteiger partial charge >= 0.3 is 0 Å². The van der Waals surface area contributed by atoms with Gasteiger partial charge in [-0.3, -0.25) is 14.0 Å². The van der Waals surface area contributed by atoms with E-state index in [2.05, 4.69) is 4.98 Å². The van der Waals surface area contributed by atoms with Crippen LogP contribution in [0.3, 0.4) is 0 Å². The summed E-state index contributed by atoms with van der Waals surface area (Å²) in [4.78, 5) is 28.9. The van der Waals surface area contributed by atoms with E-state index >= 15 is 0 Å². The number of fused-ring (bicyclic) bond motifs is 5. The predicted molar refractivity (Wildman–Crippen MR) is 74.3 cm³/mol. The smallest absolute Gasteiger partial charge is 0.252 e. The number of nitrogens with zero attached hydrogens (tertiary/aromatic N) is 2. The van der Waals surface area contributed by atoms with E-state index in [1.165, 1.54) is 0 Å². The van der Waals surface area contributed by atoms with E-state index in [-0.39, 0.29) is 0 Å². The summed E-state index contributed by atoms with van der Waals surface area (Å²) in [6.45, 7) is 0. The lowest BCUT2D eigenvalue weighted by Gasteiger charge is -2.13. The number of imidazole rings is 1. The molecule has 0 aliphatic heterocycles. The number of ketones is 2. The fraction of sp³-hybridized carbons (Fsp3) is 0. The van der Waals surface area contributed by atoms with E-state index in [9.17, 15) is 9.59 Å². The molecule has 96 valence electrons. The van der Waals surface area contributed by atoms with Crippen LogP contribution in [0.5, 0.6) is 0 Å². The Morgan fingerprint density at radius 3 is 2.55 bits per heavy atom. The normalized spacial score (nSPS) is 13.4. The zero-order valence-electron chi connectivity index (χ0n) is 10.1. The molecule has 0 spiro atoms. The number of hydrogen-bond donors (Lipinski definition) is 0. The van der Waals surface area contributed by atoms with Crippen LogP contribution < -0.4 is 0 Å². The summed E-state index contributed by atoms with van der Waals surface area (Å²) in [6.07, 6.45) is 1.66. The monoisotopic (exact) mass is 282 g/mol. The van der Waals surface area contributed by atoms with E-state index in [4.69, 9.17) is 11.6 Å². The minimum absolute atomic E-state index is 0.306. The van der Waals surface area contributed by atoms with Gasteiger partial charge in [0.1, 0.15) is 17.0 Å². The highest BCUT2D eigenvalue weighted by Gasteiger charge is 2.34. The molecule has 4 rings (SSSR count). The number of benzene rings is 1. The number of carbonyl (C=O) groups excluding carboxylic acids is 2. The van der Waals surface area contributed by atoms with Gasteiger partial charge in [-0.1, -0.05) is 35.9 Å². The van der Waals surface area contributed by atoms with Gasteiger partial charge in [0.05, 0.1) is 0 Å². The maximum Gasteiger partial charge on any atom is 0.252 e. The summed E-state index contributed by atoms with van der Waals surface area (Å²) >= 11 is 5.94. The molecule has 0 saturated carbocycles. The van der Waals surface area contributed by atoms with Gasteiger partial charge in [-0.05, 0) is 6.07 Å². The van der Waals surface area contributed by atoms with Gasteiger partial charge in [-0.25, -0.2) is 4.98 Å². The van der Waals surface area contributed by atoms with E-state index in [0.29, 0.717) is 33.2 Å². The second-order valence-electron chi connectivity index (χ2n) is 4.59. The highest BCUT2D eigenvalue weighted by Crippen LogP contribution is 2.33. The van der Waals surface area contributed by atoms with Gasteiger partial charge in [0.2, 0.25) is 5.78 Å². The first-order valence-electron chi connectivity index (χ1n) is 6.03. The van der Waals surface area contributed by atoms with Crippen molar-refractivity contribution in [3.05, 3.63) is 58.9 Å². The fourth-order valence-electron chi connectivity index (χ4n) is 2.54. The van der Waals surface area contributed by atoms with Crippen LogP contribution in [-0.2, 0) is 0 Å². The summed E-state index contributed by atoms with van der Waals surface area (Å²) in [5.41, 5.74) is 2.49. The summed E-state index contributed by atoms with van der Waals surface area (Å²) < 4.78 is 1.61. The number of pyridine rings is 1. The summed E-state index contributed by atoms with van der Waals surface area (Å²) in [5, 5.41) is 0.534. The van der Waals surface area contributed by atoms with E-state index in [1.54, 1.807) is 40.9 Å². The number of Topliss-reactive ketones (excluding diaryl/α,β-unsaturated/α-hetero) is 2. The average molecular weight is 283 g/mol. The molecule has 1 aliphatic carbocycles. The molecule has 2 aromatic heterocycles. The number of carbonyl (C=O) groups is 2. The molecule has 0 fully saturated rings. The highest BCUT2D eigenvalue weighted by atomic mass is 35.5. The Bertz CT molecular complexity index is 911. The number of aromatic nitrogens is 2. The van der Waals surface area contributed by atoms with Crippen LogP contribution >= 0.6 is 11.6 Å². The van der Waals surface area contributed by atoms with Crippen LogP contribution in [0.2, 0.25) is 5.02 Å². The van der Waals surface area contributed by atoms with Crippen LogP contribution in [0, 0.1) is 0 Å². The Balaban J connectivity index is 2.17. The molecule has 1 aromatic carbocycles. The van der Waals surface area contributed by atoms with Gasteiger partial charge in [0.15, 0.2) is 0 Å². The first-order chi connectivity index (χ1) is 9.66. The molecule has 2 heterocycles. The summed E-state index contributed by atoms with van der Waals surface area (Å²) in [6, 6.07) is 10.3. The van der Waals surface area contributed by atoms with E-state index in [1.807, 2.05) is 6.07 Å². The lowest BCUT2D eigenvalue weighted by atomic mass is 9.90. The van der Waals surface area contributed by atoms with Crippen LogP contribution in [0.25, 0.3) is 16.9 Å². The van der Waals surface area contributed by atoms with Gasteiger partial charge in [0, 0.05) is 28.4 Å². The molecule has 5 heteroatoms. The first-order valence-corrected chi connectivity index (χ1v) is 6.40. The topological polar surface area (TPSA) is 51.4 Å². The van der Waals surface area contributed by atoms with Crippen molar-refractivity contribution in [3.63, 3.8) is 0 Å². The van der Waals surface area contributed by atoms with Crippen molar-refractivity contribution in [1.82, 2.24) is 9.38 Å². The van der Waals surface area contributed by atoms with Crippen LogP contribution in [-0.4, -0.2) is 21.0 Å². The third-order valence-electron chi connectivity index (χ3n) is 3.44. The number of hydrogen-bond acceptors (Lipinski definition) is 3. The molecule has 0 unspecified atom stereocenters. The van der Waals surface area contributed by atoms with Crippen molar-refractivity contribution in [3.8, 4) is 11.3 Å². The first kappa shape index (κ1) is 11.4. The van der Waals surface area contributed by atoms with Crippen molar-refractivity contribution in [2.45, 2.75) is 0 Å². The molecule has 0 radical (unpaired) electrons. The second kappa shape index (κ2) is 3.77. The molecule has 1 aliphatic rings. The van der Waals surface area contributed by atoms with Crippen molar-refractivity contribution in [1.29, 1.82) is 0 Å². The van der Waals surface area contributed by atoms with Crippen molar-refractivity contribution < 1.29 is 9.59 Å². The molecule has 0 N–H and O–H groups in total. The Morgan fingerprint density at radius 1 is 1.00 bits per heavy atom. The SMILES string of the molecule is O=C1C(=O)c2c(nc3cc(Cl)ccn23)-c2ccccc21.